The highest BCUT2D eigenvalue weighted by atomic mass is 16.5. The van der Waals surface area contributed by atoms with Crippen molar-refractivity contribution >= 4 is 21.5 Å². The second-order valence-corrected chi connectivity index (χ2v) is 7.70. The van der Waals surface area contributed by atoms with Crippen LogP contribution in [-0.2, 0) is 0 Å². The highest BCUT2D eigenvalue weighted by Crippen LogP contribution is 2.58. The Morgan fingerprint density at radius 1 is 0.414 bits per heavy atom. The molecule has 2 heteroatoms. The van der Waals surface area contributed by atoms with Crippen LogP contribution in [0.1, 0.15) is 22.6 Å². The van der Waals surface area contributed by atoms with Gasteiger partial charge < -0.3 is 9.47 Å². The van der Waals surface area contributed by atoms with Crippen molar-refractivity contribution in [2.24, 2.45) is 0 Å². The van der Waals surface area contributed by atoms with E-state index >= 15 is 0 Å². The van der Waals surface area contributed by atoms with Crippen molar-refractivity contribution in [3.63, 3.8) is 0 Å². The van der Waals surface area contributed by atoms with Gasteiger partial charge in [0.25, 0.3) is 0 Å². The molecule has 0 spiro atoms. The van der Waals surface area contributed by atoms with Crippen molar-refractivity contribution in [1.82, 2.24) is 0 Å². The molecule has 2 nitrogen and oxygen atoms in total. The summed E-state index contributed by atoms with van der Waals surface area (Å²) in [5, 5.41) is 4.92. The minimum absolute atomic E-state index is 0.0749. The lowest BCUT2D eigenvalue weighted by molar-refractivity contribution is 0.412. The molecule has 0 saturated heterocycles. The molecule has 5 aromatic carbocycles. The van der Waals surface area contributed by atoms with Gasteiger partial charge in [-0.2, -0.15) is 0 Å². The van der Waals surface area contributed by atoms with Gasteiger partial charge in [0, 0.05) is 22.6 Å². The monoisotopic (exact) mass is 372 g/mol. The maximum absolute atomic E-state index is 6.38. The normalized spacial score (nSPS) is 13.9. The van der Waals surface area contributed by atoms with Crippen LogP contribution >= 0.6 is 0 Å². The fraction of sp³-hybridized carbons (Fsp3) is 0.0370. The van der Waals surface area contributed by atoms with Crippen LogP contribution in [-0.4, -0.2) is 0 Å². The molecule has 0 saturated carbocycles. The van der Waals surface area contributed by atoms with Crippen molar-refractivity contribution in [3.8, 4) is 23.0 Å². The highest BCUT2D eigenvalue weighted by molar-refractivity contribution is 5.95. The van der Waals surface area contributed by atoms with E-state index in [-0.39, 0.29) is 5.92 Å². The lowest BCUT2D eigenvalue weighted by atomic mass is 9.77. The van der Waals surface area contributed by atoms with E-state index in [2.05, 4.69) is 72.8 Å². The van der Waals surface area contributed by atoms with Crippen LogP contribution in [0.5, 0.6) is 23.0 Å². The minimum atomic E-state index is 0.0749. The third kappa shape index (κ3) is 1.95. The van der Waals surface area contributed by atoms with E-state index in [1.54, 1.807) is 0 Å². The van der Waals surface area contributed by atoms with Crippen LogP contribution in [0, 0.1) is 0 Å². The molecule has 2 aliphatic heterocycles. The van der Waals surface area contributed by atoms with Crippen LogP contribution in [0.4, 0.5) is 0 Å². The molecule has 0 fully saturated rings. The van der Waals surface area contributed by atoms with Crippen LogP contribution in [0.15, 0.2) is 91.0 Å². The molecule has 0 bridgehead atoms. The van der Waals surface area contributed by atoms with Crippen LogP contribution in [0.3, 0.4) is 0 Å². The smallest absolute Gasteiger partial charge is 0.135 e. The van der Waals surface area contributed by atoms with Crippen LogP contribution in [0.2, 0.25) is 0 Å². The molecule has 136 valence electrons. The second kappa shape index (κ2) is 5.39. The van der Waals surface area contributed by atoms with Crippen LogP contribution < -0.4 is 9.47 Å². The largest absolute Gasteiger partial charge is 0.457 e. The Labute approximate surface area is 167 Å². The summed E-state index contributed by atoms with van der Waals surface area (Å²) in [7, 11) is 0. The third-order valence-electron chi connectivity index (χ3n) is 6.19. The quantitative estimate of drug-likeness (QED) is 0.276. The van der Waals surface area contributed by atoms with Crippen molar-refractivity contribution in [2.75, 3.05) is 0 Å². The van der Waals surface area contributed by atoms with Gasteiger partial charge in [0.15, 0.2) is 0 Å². The van der Waals surface area contributed by atoms with Gasteiger partial charge in [-0.15, -0.1) is 0 Å². The summed E-state index contributed by atoms with van der Waals surface area (Å²) in [6.45, 7) is 0. The summed E-state index contributed by atoms with van der Waals surface area (Å²) in [5.74, 6) is 3.70. The Kier molecular flexibility index (Phi) is 2.82. The molecule has 29 heavy (non-hydrogen) atoms. The minimum Gasteiger partial charge on any atom is -0.457 e. The number of benzene rings is 5. The Morgan fingerprint density at radius 2 is 0.897 bits per heavy atom. The maximum atomic E-state index is 6.38. The lowest BCUT2D eigenvalue weighted by Crippen LogP contribution is -2.17. The summed E-state index contributed by atoms with van der Waals surface area (Å²) in [6, 6.07) is 31.7. The molecule has 7 rings (SSSR count). The van der Waals surface area contributed by atoms with Crippen molar-refractivity contribution in [1.29, 1.82) is 0 Å². The van der Waals surface area contributed by atoms with E-state index in [1.165, 1.54) is 32.7 Å². The standard InChI is InChI=1S/C27H16O2/c1-3-8-18-16(6-1)12-14-22-24(18)27-25-19-9-4-2-7-17(19)13-15-23(25)29-21-11-5-10-20(28-22)26(21)27/h1-15,27H. The molecular weight excluding hydrogens is 356 g/mol. The van der Waals surface area contributed by atoms with Crippen LogP contribution in [0.25, 0.3) is 21.5 Å². The number of fused-ring (bicyclic) bond motifs is 8. The Hall–Kier alpha value is -3.78. The first-order chi connectivity index (χ1) is 14.4. The lowest BCUT2D eigenvalue weighted by Gasteiger charge is -2.35. The molecule has 0 unspecified atom stereocenters. The predicted octanol–water partition coefficient (Wildman–Crippen LogP) is 7.38. The fourth-order valence-electron chi connectivity index (χ4n) is 4.98. The van der Waals surface area contributed by atoms with E-state index in [0.29, 0.717) is 0 Å². The molecule has 2 aliphatic rings. The summed E-state index contributed by atoms with van der Waals surface area (Å²) < 4.78 is 12.8. The molecule has 0 aromatic heterocycles. The number of ether oxygens (including phenoxy) is 2. The molecule has 0 radical (unpaired) electrons. The summed E-state index contributed by atoms with van der Waals surface area (Å²) in [6.07, 6.45) is 0. The van der Waals surface area contributed by atoms with Crippen molar-refractivity contribution < 1.29 is 9.47 Å². The van der Waals surface area contributed by atoms with E-state index in [1.807, 2.05) is 18.2 Å². The zero-order valence-electron chi connectivity index (χ0n) is 15.6. The topological polar surface area (TPSA) is 18.5 Å². The van der Waals surface area contributed by atoms with Gasteiger partial charge in [0.2, 0.25) is 0 Å². The first-order valence-electron chi connectivity index (χ1n) is 9.90. The molecule has 0 aliphatic carbocycles. The average Bonchev–Trinajstić information content (AvgIpc) is 2.78. The number of hydrogen-bond donors (Lipinski definition) is 0. The summed E-state index contributed by atoms with van der Waals surface area (Å²) in [4.78, 5) is 0. The molecular formula is C27H16O2. The predicted molar refractivity (Wildman–Crippen MR) is 115 cm³/mol. The van der Waals surface area contributed by atoms with Crippen molar-refractivity contribution in [2.45, 2.75) is 5.92 Å². The molecule has 5 aromatic rings. The Morgan fingerprint density at radius 3 is 1.45 bits per heavy atom. The third-order valence-corrected chi connectivity index (χ3v) is 6.19. The van der Waals surface area contributed by atoms with Gasteiger partial charge in [-0.1, -0.05) is 66.7 Å². The van der Waals surface area contributed by atoms with Gasteiger partial charge >= 0.3 is 0 Å². The van der Waals surface area contributed by atoms with E-state index in [0.717, 1.165) is 28.6 Å². The van der Waals surface area contributed by atoms with Gasteiger partial charge in [-0.3, -0.25) is 0 Å². The van der Waals surface area contributed by atoms with Gasteiger partial charge in [0.1, 0.15) is 23.0 Å². The second-order valence-electron chi connectivity index (χ2n) is 7.70. The van der Waals surface area contributed by atoms with E-state index < -0.39 is 0 Å². The zero-order chi connectivity index (χ0) is 18.9. The molecule has 0 atom stereocenters. The van der Waals surface area contributed by atoms with Gasteiger partial charge in [-0.25, -0.2) is 0 Å². The first kappa shape index (κ1) is 15.2. The Balaban J connectivity index is 1.67. The first-order valence-corrected chi connectivity index (χ1v) is 9.90. The number of hydrogen-bond acceptors (Lipinski definition) is 2. The Bertz CT molecular complexity index is 1360. The highest BCUT2D eigenvalue weighted by Gasteiger charge is 2.38. The van der Waals surface area contributed by atoms with Gasteiger partial charge in [-0.05, 0) is 45.8 Å². The maximum Gasteiger partial charge on any atom is 0.135 e. The van der Waals surface area contributed by atoms with E-state index in [4.69, 9.17) is 9.47 Å². The fourth-order valence-corrected chi connectivity index (χ4v) is 4.98. The summed E-state index contributed by atoms with van der Waals surface area (Å²) >= 11 is 0. The average molecular weight is 372 g/mol. The van der Waals surface area contributed by atoms with Gasteiger partial charge in [0.05, 0.1) is 0 Å². The van der Waals surface area contributed by atoms with E-state index in [9.17, 15) is 0 Å². The molecule has 0 amide bonds. The number of rotatable bonds is 0. The van der Waals surface area contributed by atoms with Crippen molar-refractivity contribution in [3.05, 3.63) is 108 Å². The SMILES string of the molecule is c1cc2c3c(c1)Oc1ccc4ccccc4c1C3c1c(ccc3ccccc13)O2. The zero-order valence-corrected chi connectivity index (χ0v) is 15.6. The summed E-state index contributed by atoms with van der Waals surface area (Å²) in [5.41, 5.74) is 3.58. The molecule has 0 N–H and O–H groups in total. The molecule has 2 heterocycles.